The lowest BCUT2D eigenvalue weighted by Crippen LogP contribution is -2.48. The van der Waals surface area contributed by atoms with Gasteiger partial charge in [0.25, 0.3) is 5.09 Å². The summed E-state index contributed by atoms with van der Waals surface area (Å²) in [5.41, 5.74) is 8.01. The maximum Gasteiger partial charge on any atom is 0.343 e. The third-order valence-corrected chi connectivity index (χ3v) is 11.0. The summed E-state index contributed by atoms with van der Waals surface area (Å²) >= 11 is 0. The van der Waals surface area contributed by atoms with Crippen molar-refractivity contribution in [2.75, 3.05) is 13.2 Å². The van der Waals surface area contributed by atoms with Crippen molar-refractivity contribution in [2.24, 2.45) is 23.0 Å². The second-order valence-electron chi connectivity index (χ2n) is 13.7. The first-order chi connectivity index (χ1) is 23.0. The molecule has 7 rings (SSSR count). The normalized spacial score (nSPS) is 32.7. The molecule has 2 saturated heterocycles. The van der Waals surface area contributed by atoms with Crippen LogP contribution < -0.4 is 10.5 Å². The second kappa shape index (κ2) is 13.8. The number of aryl methyl sites for hydroxylation is 1. The molecule has 258 valence electrons. The van der Waals surface area contributed by atoms with Crippen molar-refractivity contribution in [2.45, 2.75) is 94.7 Å². The van der Waals surface area contributed by atoms with E-state index in [4.69, 9.17) is 29.8 Å². The Balaban J connectivity index is 0.000000257. The van der Waals surface area contributed by atoms with E-state index < -0.39 is 35.0 Å². The summed E-state index contributed by atoms with van der Waals surface area (Å²) in [5, 5.41) is 18.1. The number of benzene rings is 2. The highest BCUT2D eigenvalue weighted by atomic mass is 17.0. The Morgan fingerprint density at radius 1 is 1.06 bits per heavy atom. The highest BCUT2D eigenvalue weighted by Gasteiger charge is 2.56. The number of hydrogen-bond donors (Lipinski definition) is 2. The number of rotatable bonds is 8. The minimum atomic E-state index is -0.975. The number of hydrogen-bond acceptors (Lipinski definition) is 11. The van der Waals surface area contributed by atoms with Crippen LogP contribution in [0.25, 0.3) is 0 Å². The molecule has 13 heteroatoms. The van der Waals surface area contributed by atoms with Crippen molar-refractivity contribution in [1.82, 2.24) is 0 Å². The third kappa shape index (κ3) is 6.90. The number of fused-ring (bicyclic) bond motifs is 6. The molecule has 0 amide bonds. The van der Waals surface area contributed by atoms with Crippen LogP contribution in [-0.2, 0) is 35.1 Å². The SMILES string of the molecule is CC12CCC3c4ccc(OC(=O)c5ccccc5)cc4CCC3C1CCC2OC(=O)CCC(=O)O.N[C@@]12CCO[C@@H]1C(O[N+](=O)[O-])CO2. The van der Waals surface area contributed by atoms with E-state index in [1.54, 1.807) is 12.1 Å². The van der Waals surface area contributed by atoms with Crippen molar-refractivity contribution >= 4 is 17.9 Å². The molecule has 13 nitrogen and oxygen atoms in total. The molecule has 4 fully saturated rings. The molecule has 8 atom stereocenters. The molecule has 0 aromatic heterocycles. The van der Waals surface area contributed by atoms with Gasteiger partial charge < -0.3 is 34.6 Å². The van der Waals surface area contributed by atoms with Crippen molar-refractivity contribution in [3.63, 3.8) is 0 Å². The fourth-order valence-electron chi connectivity index (χ4n) is 8.66. The zero-order valence-electron chi connectivity index (χ0n) is 26.9. The lowest BCUT2D eigenvalue weighted by atomic mass is 9.55. The van der Waals surface area contributed by atoms with Crippen LogP contribution >= 0.6 is 0 Å². The first-order valence-corrected chi connectivity index (χ1v) is 16.6. The molecule has 2 saturated carbocycles. The Kier molecular flexibility index (Phi) is 9.73. The van der Waals surface area contributed by atoms with E-state index in [1.165, 1.54) is 11.1 Å². The summed E-state index contributed by atoms with van der Waals surface area (Å²) in [6.07, 6.45) is 4.90. The Morgan fingerprint density at radius 2 is 1.85 bits per heavy atom. The van der Waals surface area contributed by atoms with Gasteiger partial charge in [0.2, 0.25) is 0 Å². The van der Waals surface area contributed by atoms with E-state index >= 15 is 0 Å². The van der Waals surface area contributed by atoms with Crippen LogP contribution in [0, 0.1) is 27.4 Å². The Hall–Kier alpha value is -4.07. The highest BCUT2D eigenvalue weighted by molar-refractivity contribution is 5.91. The monoisotopic (exact) mass is 666 g/mol. The number of esters is 2. The van der Waals surface area contributed by atoms with Crippen molar-refractivity contribution < 1.29 is 48.4 Å². The topological polar surface area (TPSA) is 187 Å². The average molecular weight is 667 g/mol. The predicted molar refractivity (Wildman–Crippen MR) is 168 cm³/mol. The molecule has 2 aromatic rings. The molecule has 0 radical (unpaired) electrons. The van der Waals surface area contributed by atoms with Gasteiger partial charge in [-0.2, -0.15) is 0 Å². The zero-order chi connectivity index (χ0) is 34.1. The van der Waals surface area contributed by atoms with Crippen LogP contribution in [0.15, 0.2) is 48.5 Å². The number of carboxylic acids is 1. The van der Waals surface area contributed by atoms with E-state index in [2.05, 4.69) is 17.8 Å². The number of carbonyl (C=O) groups excluding carboxylic acids is 2. The number of nitrogens with two attached hydrogens (primary N) is 1. The van der Waals surface area contributed by atoms with Gasteiger partial charge >= 0.3 is 17.9 Å². The smallest absolute Gasteiger partial charge is 0.343 e. The van der Waals surface area contributed by atoms with E-state index in [0.717, 1.165) is 38.5 Å². The number of carbonyl (C=O) groups is 3. The van der Waals surface area contributed by atoms with E-state index in [0.29, 0.717) is 42.1 Å². The third-order valence-electron chi connectivity index (χ3n) is 11.0. The van der Waals surface area contributed by atoms with E-state index in [9.17, 15) is 24.5 Å². The quantitative estimate of drug-likeness (QED) is 0.173. The summed E-state index contributed by atoms with van der Waals surface area (Å²) in [4.78, 5) is 50.0. The average Bonchev–Trinajstić information content (AvgIpc) is 3.71. The van der Waals surface area contributed by atoms with Crippen LogP contribution in [0.1, 0.15) is 85.7 Å². The summed E-state index contributed by atoms with van der Waals surface area (Å²) < 4.78 is 21.9. The minimum absolute atomic E-state index is 0.0529. The maximum atomic E-state index is 12.5. The van der Waals surface area contributed by atoms with Gasteiger partial charge in [-0.1, -0.05) is 31.2 Å². The van der Waals surface area contributed by atoms with Gasteiger partial charge in [-0.05, 0) is 91.7 Å². The lowest BCUT2D eigenvalue weighted by Gasteiger charge is -2.50. The summed E-state index contributed by atoms with van der Waals surface area (Å²) in [6, 6.07) is 15.1. The van der Waals surface area contributed by atoms with Crippen LogP contribution in [0.5, 0.6) is 5.75 Å². The first kappa shape index (κ1) is 33.8. The molecule has 0 spiro atoms. The molecule has 48 heavy (non-hydrogen) atoms. The molecular weight excluding hydrogens is 624 g/mol. The molecule has 2 aliphatic heterocycles. The molecule has 0 bridgehead atoms. The van der Waals surface area contributed by atoms with Gasteiger partial charge in [-0.25, -0.2) is 4.79 Å². The Morgan fingerprint density at radius 3 is 2.60 bits per heavy atom. The fraction of sp³-hybridized carbons (Fsp3) is 0.571. The van der Waals surface area contributed by atoms with Crippen molar-refractivity contribution in [1.29, 1.82) is 0 Å². The largest absolute Gasteiger partial charge is 0.481 e. The van der Waals surface area contributed by atoms with Crippen LogP contribution in [0.4, 0.5) is 0 Å². The standard InChI is InChI=1S/C29H32O6.C6H10N2O5/c1-29-16-15-22-21-10-8-20(34-28(33)18-5-3-2-4-6-18)17-19(21)7-9-23(22)24(29)11-12-25(29)35-27(32)14-13-26(30)31;7-6-1-2-11-5(6)4(3-12-6)13-8(9)10/h2-6,8,10,17,22-25H,7,9,11-16H2,1H3,(H,30,31);4-5H,1-3,7H2/t;4?,5-,6-/m.1/s1. The fourth-order valence-corrected chi connectivity index (χ4v) is 8.66. The maximum absolute atomic E-state index is 12.5. The molecule has 3 N–H and O–H groups in total. The van der Waals surface area contributed by atoms with Gasteiger partial charge in [0, 0.05) is 11.8 Å². The van der Waals surface area contributed by atoms with Gasteiger partial charge in [-0.15, -0.1) is 10.1 Å². The van der Waals surface area contributed by atoms with E-state index in [1.807, 2.05) is 30.3 Å². The van der Waals surface area contributed by atoms with Crippen molar-refractivity contribution in [3.05, 3.63) is 75.3 Å². The summed E-state index contributed by atoms with van der Waals surface area (Å²) in [7, 11) is 0. The highest BCUT2D eigenvalue weighted by Crippen LogP contribution is 2.61. The van der Waals surface area contributed by atoms with Gasteiger partial charge in [0.1, 0.15) is 23.7 Å². The lowest BCUT2D eigenvalue weighted by molar-refractivity contribution is -0.769. The zero-order valence-corrected chi connectivity index (χ0v) is 26.9. The second-order valence-corrected chi connectivity index (χ2v) is 13.7. The first-order valence-electron chi connectivity index (χ1n) is 16.6. The van der Waals surface area contributed by atoms with Crippen LogP contribution in [0.3, 0.4) is 0 Å². The van der Waals surface area contributed by atoms with Gasteiger partial charge in [0.15, 0.2) is 6.10 Å². The molecule has 2 heterocycles. The minimum Gasteiger partial charge on any atom is -0.481 e. The van der Waals surface area contributed by atoms with Gasteiger partial charge in [0.05, 0.1) is 31.6 Å². The molecule has 5 aliphatic rings. The van der Waals surface area contributed by atoms with E-state index in [-0.39, 0.29) is 36.9 Å². The summed E-state index contributed by atoms with van der Waals surface area (Å²) in [6.45, 7) is 2.83. The molecule has 6 unspecified atom stereocenters. The Bertz CT molecular complexity index is 1540. The molecular formula is C35H42N2O11. The summed E-state index contributed by atoms with van der Waals surface area (Å²) in [5.74, 6) is 0.374. The number of ether oxygens (including phenoxy) is 4. The Labute approximate surface area is 278 Å². The van der Waals surface area contributed by atoms with Gasteiger partial charge in [-0.3, -0.25) is 9.59 Å². The van der Waals surface area contributed by atoms with Crippen LogP contribution in [0.2, 0.25) is 0 Å². The van der Waals surface area contributed by atoms with Crippen molar-refractivity contribution in [3.8, 4) is 5.75 Å². The molecule has 3 aliphatic carbocycles. The number of nitrogens with zero attached hydrogens (tertiary/aromatic N) is 1. The predicted octanol–water partition coefficient (Wildman–Crippen LogP) is 4.58. The number of carboxylic acid groups (broad SMARTS) is 1. The molecule has 2 aromatic carbocycles. The number of aliphatic carboxylic acids is 1. The van der Waals surface area contributed by atoms with Crippen LogP contribution in [-0.4, -0.2) is 65.4 Å².